The van der Waals surface area contributed by atoms with E-state index in [1.807, 2.05) is 85.1 Å². The molecular weight excluding hydrogens is 406 g/mol. The highest BCUT2D eigenvalue weighted by atomic mass is 32.1. The zero-order valence-corrected chi connectivity index (χ0v) is 17.2. The Morgan fingerprint density at radius 3 is 2.77 bits per heavy atom. The van der Waals surface area contributed by atoms with Crippen molar-refractivity contribution in [3.63, 3.8) is 0 Å². The number of rotatable bonds is 4. The predicted octanol–water partition coefficient (Wildman–Crippen LogP) is 4.52. The van der Waals surface area contributed by atoms with Crippen molar-refractivity contribution in [1.82, 2.24) is 14.4 Å². The summed E-state index contributed by atoms with van der Waals surface area (Å²) in [5.41, 5.74) is 4.70. The van der Waals surface area contributed by atoms with Crippen molar-refractivity contribution >= 4 is 44.3 Å². The van der Waals surface area contributed by atoms with E-state index in [-0.39, 0.29) is 5.56 Å². The molecule has 5 nitrogen and oxygen atoms in total. The molecule has 0 saturated carbocycles. The van der Waals surface area contributed by atoms with Gasteiger partial charge in [-0.15, -0.1) is 0 Å². The number of fused-ring (bicyclic) bond motifs is 4. The molecule has 6 rings (SSSR count). The van der Waals surface area contributed by atoms with Gasteiger partial charge in [-0.2, -0.15) is 0 Å². The molecule has 0 atom stereocenters. The molecule has 6 aromatic rings. The highest BCUT2D eigenvalue weighted by Crippen LogP contribution is 2.25. The molecular formula is C25H17N3O2S. The molecule has 0 aliphatic rings. The van der Waals surface area contributed by atoms with Crippen LogP contribution in [0.3, 0.4) is 0 Å². The molecule has 0 aliphatic carbocycles. The molecule has 0 bridgehead atoms. The van der Waals surface area contributed by atoms with Crippen LogP contribution in [0.15, 0.2) is 83.8 Å². The van der Waals surface area contributed by atoms with Crippen LogP contribution >= 0.6 is 11.3 Å². The summed E-state index contributed by atoms with van der Waals surface area (Å²) >= 11 is 1.41. The van der Waals surface area contributed by atoms with Gasteiger partial charge in [0.25, 0.3) is 5.56 Å². The molecule has 1 N–H and O–H groups in total. The number of ether oxygens (including phenoxy) is 1. The van der Waals surface area contributed by atoms with Crippen molar-refractivity contribution in [1.29, 1.82) is 0 Å². The predicted molar refractivity (Wildman–Crippen MR) is 125 cm³/mol. The van der Waals surface area contributed by atoms with Gasteiger partial charge in [0.2, 0.25) is 0 Å². The molecule has 3 heterocycles. The van der Waals surface area contributed by atoms with Crippen LogP contribution in [0, 0.1) is 0 Å². The maximum absolute atomic E-state index is 13.1. The number of aromatic amines is 1. The summed E-state index contributed by atoms with van der Waals surface area (Å²) in [5, 5.41) is 1.01. The first-order chi connectivity index (χ1) is 15.3. The van der Waals surface area contributed by atoms with Crippen molar-refractivity contribution < 1.29 is 4.74 Å². The first kappa shape index (κ1) is 17.9. The SMILES string of the molecule is O=c1/c(=C/c2c[nH]c3ccc(OCc4ccccc4)cc23)sc2nc3ccccc3n12. The standard InChI is InChI=1S/C25H17N3O2S/c29-24-23(31-25-27-21-8-4-5-9-22(21)28(24)25)12-17-14-26-20-11-10-18(13-19(17)20)30-15-16-6-2-1-3-7-16/h1-14,26H,15H2/b23-12-. The van der Waals surface area contributed by atoms with Crippen LogP contribution in [0.4, 0.5) is 0 Å². The normalized spacial score (nSPS) is 12.3. The fraction of sp³-hybridized carbons (Fsp3) is 0.0400. The molecule has 0 amide bonds. The smallest absolute Gasteiger partial charge is 0.274 e. The third kappa shape index (κ3) is 3.08. The number of nitrogens with zero attached hydrogens (tertiary/aromatic N) is 2. The number of thiazole rings is 1. The fourth-order valence-corrected chi connectivity index (χ4v) is 4.80. The monoisotopic (exact) mass is 423 g/mol. The van der Waals surface area contributed by atoms with Gasteiger partial charge in [-0.1, -0.05) is 53.8 Å². The van der Waals surface area contributed by atoms with Crippen molar-refractivity contribution in [3.05, 3.63) is 105 Å². The van der Waals surface area contributed by atoms with Gasteiger partial charge in [0.1, 0.15) is 12.4 Å². The molecule has 3 aromatic heterocycles. The number of para-hydroxylation sites is 2. The van der Waals surface area contributed by atoms with Gasteiger partial charge >= 0.3 is 0 Å². The quantitative estimate of drug-likeness (QED) is 0.454. The molecule has 150 valence electrons. The van der Waals surface area contributed by atoms with E-state index in [0.717, 1.165) is 38.8 Å². The molecule has 0 unspecified atom stereocenters. The third-order valence-electron chi connectivity index (χ3n) is 5.37. The summed E-state index contributed by atoms with van der Waals surface area (Å²) in [6.45, 7) is 0.510. The Balaban J connectivity index is 1.41. The van der Waals surface area contributed by atoms with Crippen molar-refractivity contribution in [2.45, 2.75) is 6.61 Å². The zero-order valence-electron chi connectivity index (χ0n) is 16.4. The van der Waals surface area contributed by atoms with E-state index in [0.29, 0.717) is 16.1 Å². The zero-order chi connectivity index (χ0) is 20.8. The van der Waals surface area contributed by atoms with Crippen LogP contribution in [0.1, 0.15) is 11.1 Å². The summed E-state index contributed by atoms with van der Waals surface area (Å²) in [5.74, 6) is 0.792. The average Bonchev–Trinajstić information content (AvgIpc) is 3.46. The number of nitrogens with one attached hydrogen (secondary N) is 1. The lowest BCUT2D eigenvalue weighted by Gasteiger charge is -2.06. The maximum atomic E-state index is 13.1. The van der Waals surface area contributed by atoms with E-state index in [1.165, 1.54) is 11.3 Å². The topological polar surface area (TPSA) is 59.4 Å². The number of hydrogen-bond acceptors (Lipinski definition) is 4. The number of H-pyrrole nitrogens is 1. The molecule has 0 fully saturated rings. The van der Waals surface area contributed by atoms with Crippen LogP contribution in [0.5, 0.6) is 5.75 Å². The van der Waals surface area contributed by atoms with Crippen LogP contribution in [-0.2, 0) is 6.61 Å². The molecule has 0 spiro atoms. The van der Waals surface area contributed by atoms with Gasteiger partial charge in [-0.05, 0) is 42.0 Å². The largest absolute Gasteiger partial charge is 0.489 e. The Kier molecular flexibility index (Phi) is 4.11. The van der Waals surface area contributed by atoms with Crippen molar-refractivity contribution in [2.24, 2.45) is 0 Å². The molecule has 31 heavy (non-hydrogen) atoms. The minimum Gasteiger partial charge on any atom is -0.489 e. The van der Waals surface area contributed by atoms with E-state index < -0.39 is 0 Å². The lowest BCUT2D eigenvalue weighted by molar-refractivity contribution is 0.306. The van der Waals surface area contributed by atoms with E-state index in [9.17, 15) is 4.79 Å². The fourth-order valence-electron chi connectivity index (χ4n) is 3.82. The Morgan fingerprint density at radius 1 is 1.03 bits per heavy atom. The highest BCUT2D eigenvalue weighted by molar-refractivity contribution is 7.15. The van der Waals surface area contributed by atoms with Gasteiger partial charge in [0.15, 0.2) is 4.96 Å². The lowest BCUT2D eigenvalue weighted by atomic mass is 10.1. The second-order valence-corrected chi connectivity index (χ2v) is 8.37. The third-order valence-corrected chi connectivity index (χ3v) is 6.33. The first-order valence-corrected chi connectivity index (χ1v) is 10.8. The van der Waals surface area contributed by atoms with Crippen molar-refractivity contribution in [3.8, 4) is 5.75 Å². The molecule has 0 aliphatic heterocycles. The maximum Gasteiger partial charge on any atom is 0.274 e. The minimum atomic E-state index is -0.0421. The van der Waals surface area contributed by atoms with Gasteiger partial charge in [-0.3, -0.25) is 4.79 Å². The van der Waals surface area contributed by atoms with E-state index in [1.54, 1.807) is 4.40 Å². The van der Waals surface area contributed by atoms with Crippen LogP contribution in [0.2, 0.25) is 0 Å². The first-order valence-electron chi connectivity index (χ1n) is 9.96. The molecule has 6 heteroatoms. The lowest BCUT2D eigenvalue weighted by Crippen LogP contribution is -2.22. The van der Waals surface area contributed by atoms with Gasteiger partial charge in [0, 0.05) is 22.7 Å². The minimum absolute atomic E-state index is 0.0421. The van der Waals surface area contributed by atoms with Crippen LogP contribution in [-0.4, -0.2) is 14.4 Å². The highest BCUT2D eigenvalue weighted by Gasteiger charge is 2.11. The molecule has 0 saturated heterocycles. The second kappa shape index (κ2) is 7.11. The number of imidazole rings is 1. The Morgan fingerprint density at radius 2 is 1.87 bits per heavy atom. The Bertz CT molecular complexity index is 1660. The van der Waals surface area contributed by atoms with Gasteiger partial charge in [-0.25, -0.2) is 9.38 Å². The van der Waals surface area contributed by atoms with E-state index in [2.05, 4.69) is 9.97 Å². The van der Waals surface area contributed by atoms with Gasteiger partial charge in [0.05, 0.1) is 15.6 Å². The number of benzene rings is 3. The van der Waals surface area contributed by atoms with Crippen LogP contribution < -0.4 is 14.8 Å². The number of hydrogen-bond donors (Lipinski definition) is 1. The average molecular weight is 423 g/mol. The Hall–Kier alpha value is -3.90. The Labute approximate surface area is 180 Å². The van der Waals surface area contributed by atoms with Crippen molar-refractivity contribution in [2.75, 3.05) is 0 Å². The van der Waals surface area contributed by atoms with E-state index >= 15 is 0 Å². The van der Waals surface area contributed by atoms with Gasteiger partial charge < -0.3 is 9.72 Å². The summed E-state index contributed by atoms with van der Waals surface area (Å²) in [6.07, 6.45) is 3.85. The summed E-state index contributed by atoms with van der Waals surface area (Å²) in [4.78, 5) is 21.6. The number of aromatic nitrogens is 3. The molecule has 0 radical (unpaired) electrons. The summed E-state index contributed by atoms with van der Waals surface area (Å²) < 4.78 is 8.33. The summed E-state index contributed by atoms with van der Waals surface area (Å²) in [6, 6.07) is 23.8. The second-order valence-electron chi connectivity index (χ2n) is 7.36. The van der Waals surface area contributed by atoms with Crippen LogP contribution in [0.25, 0.3) is 33.0 Å². The summed E-state index contributed by atoms with van der Waals surface area (Å²) in [7, 11) is 0. The molecule has 3 aromatic carbocycles. The van der Waals surface area contributed by atoms with E-state index in [4.69, 9.17) is 4.74 Å².